The molecular formula is C16H17N3O4. The van der Waals surface area contributed by atoms with Crippen molar-refractivity contribution in [3.63, 3.8) is 0 Å². The normalized spacial score (nSPS) is 11.5. The maximum Gasteiger partial charge on any atom is 0.310 e. The van der Waals surface area contributed by atoms with E-state index < -0.39 is 22.3 Å². The Balaban J connectivity index is 1.92. The van der Waals surface area contributed by atoms with E-state index in [2.05, 4.69) is 10.6 Å². The zero-order chi connectivity index (χ0) is 16.8. The van der Waals surface area contributed by atoms with Crippen molar-refractivity contribution in [2.24, 2.45) is 0 Å². The number of nitro benzene ring substituents is 1. The van der Waals surface area contributed by atoms with E-state index in [9.17, 15) is 20.0 Å². The third-order valence-electron chi connectivity index (χ3n) is 3.19. The first kappa shape index (κ1) is 16.3. The number of carbonyl (C=O) groups excluding carboxylic acids is 1. The Labute approximate surface area is 133 Å². The molecule has 0 fully saturated rings. The van der Waals surface area contributed by atoms with Crippen molar-refractivity contribution in [3.05, 3.63) is 64.2 Å². The third-order valence-corrected chi connectivity index (χ3v) is 3.19. The highest BCUT2D eigenvalue weighted by molar-refractivity contribution is 5.95. The van der Waals surface area contributed by atoms with Gasteiger partial charge in [-0.05, 0) is 31.2 Å². The molecule has 0 aliphatic rings. The number of phenols is 1. The molecule has 1 unspecified atom stereocenters. The van der Waals surface area contributed by atoms with Gasteiger partial charge in [0.05, 0.1) is 4.92 Å². The molecule has 2 aromatic carbocycles. The minimum Gasteiger partial charge on any atom is -0.502 e. The van der Waals surface area contributed by atoms with Crippen LogP contribution in [0.25, 0.3) is 0 Å². The van der Waals surface area contributed by atoms with E-state index in [1.54, 1.807) is 0 Å². The summed E-state index contributed by atoms with van der Waals surface area (Å²) in [6, 6.07) is 13.1. The summed E-state index contributed by atoms with van der Waals surface area (Å²) in [6.45, 7) is 2.28. The molecule has 2 rings (SSSR count). The van der Waals surface area contributed by atoms with Crippen LogP contribution in [0.3, 0.4) is 0 Å². The lowest BCUT2D eigenvalue weighted by Crippen LogP contribution is -2.34. The number of phenolic OH excluding ortho intramolecular Hbond substituents is 1. The third kappa shape index (κ3) is 4.44. The zero-order valence-electron chi connectivity index (χ0n) is 12.5. The van der Waals surface area contributed by atoms with Gasteiger partial charge in [-0.3, -0.25) is 14.9 Å². The van der Waals surface area contributed by atoms with Crippen LogP contribution in [0.1, 0.15) is 17.3 Å². The van der Waals surface area contributed by atoms with E-state index in [0.717, 1.165) is 17.8 Å². The first-order chi connectivity index (χ1) is 11.0. The summed E-state index contributed by atoms with van der Waals surface area (Å²) in [5.41, 5.74) is 0.683. The molecule has 0 aliphatic carbocycles. The van der Waals surface area contributed by atoms with Crippen molar-refractivity contribution in [2.45, 2.75) is 13.0 Å². The quantitative estimate of drug-likeness (QED) is 0.561. The van der Waals surface area contributed by atoms with Crippen LogP contribution in [0.5, 0.6) is 5.75 Å². The molecule has 0 saturated heterocycles. The summed E-state index contributed by atoms with van der Waals surface area (Å²) in [5, 5.41) is 26.1. The highest BCUT2D eigenvalue weighted by Crippen LogP contribution is 2.26. The van der Waals surface area contributed by atoms with E-state index in [0.29, 0.717) is 6.54 Å². The summed E-state index contributed by atoms with van der Waals surface area (Å²) in [7, 11) is 0. The summed E-state index contributed by atoms with van der Waals surface area (Å²) in [5.74, 6) is -0.935. The van der Waals surface area contributed by atoms with Crippen LogP contribution in [0.4, 0.5) is 11.4 Å². The molecule has 0 aliphatic heterocycles. The van der Waals surface area contributed by atoms with Crippen molar-refractivity contribution in [3.8, 4) is 5.75 Å². The molecule has 2 aromatic rings. The number of nitrogens with zero attached hydrogens (tertiary/aromatic N) is 1. The van der Waals surface area contributed by atoms with E-state index >= 15 is 0 Å². The van der Waals surface area contributed by atoms with Crippen LogP contribution in [-0.4, -0.2) is 28.5 Å². The van der Waals surface area contributed by atoms with Gasteiger partial charge in [0.1, 0.15) is 0 Å². The van der Waals surface area contributed by atoms with Gasteiger partial charge >= 0.3 is 5.69 Å². The Morgan fingerprint density at radius 3 is 2.57 bits per heavy atom. The molecule has 7 nitrogen and oxygen atoms in total. The van der Waals surface area contributed by atoms with Crippen LogP contribution >= 0.6 is 0 Å². The number of nitrogens with one attached hydrogen (secondary N) is 2. The van der Waals surface area contributed by atoms with Gasteiger partial charge in [0.25, 0.3) is 5.91 Å². The lowest BCUT2D eigenvalue weighted by atomic mass is 10.1. The Morgan fingerprint density at radius 1 is 1.26 bits per heavy atom. The Bertz CT molecular complexity index is 704. The van der Waals surface area contributed by atoms with Gasteiger partial charge in [-0.15, -0.1) is 0 Å². The van der Waals surface area contributed by atoms with Crippen molar-refractivity contribution >= 4 is 17.3 Å². The fourth-order valence-electron chi connectivity index (χ4n) is 2.04. The van der Waals surface area contributed by atoms with E-state index in [4.69, 9.17) is 0 Å². The number of rotatable bonds is 6. The standard InChI is InChI=1S/C16H17N3O4/c1-11(18-13-5-3-2-4-6-13)10-17-16(21)12-7-8-14(19(22)23)15(20)9-12/h2-9,11,18,20H,10H2,1H3,(H,17,21). The highest BCUT2D eigenvalue weighted by atomic mass is 16.6. The number of para-hydroxylation sites is 1. The number of benzene rings is 2. The first-order valence-corrected chi connectivity index (χ1v) is 7.04. The van der Waals surface area contributed by atoms with Gasteiger partial charge in [-0.1, -0.05) is 18.2 Å². The van der Waals surface area contributed by atoms with Crippen LogP contribution in [0.2, 0.25) is 0 Å². The van der Waals surface area contributed by atoms with Crippen molar-refractivity contribution in [2.75, 3.05) is 11.9 Å². The number of aromatic hydroxyl groups is 1. The van der Waals surface area contributed by atoms with Crippen LogP contribution in [-0.2, 0) is 0 Å². The van der Waals surface area contributed by atoms with Gasteiger partial charge < -0.3 is 15.7 Å². The Hall–Kier alpha value is -3.09. The van der Waals surface area contributed by atoms with Gasteiger partial charge in [0.15, 0.2) is 5.75 Å². The van der Waals surface area contributed by atoms with Crippen molar-refractivity contribution in [1.82, 2.24) is 5.32 Å². The van der Waals surface area contributed by atoms with Gasteiger partial charge in [0, 0.05) is 29.9 Å². The molecule has 23 heavy (non-hydrogen) atoms. The van der Waals surface area contributed by atoms with Crippen molar-refractivity contribution < 1.29 is 14.8 Å². The first-order valence-electron chi connectivity index (χ1n) is 7.04. The predicted octanol–water partition coefficient (Wildman–Crippen LogP) is 2.53. The second-order valence-electron chi connectivity index (χ2n) is 5.08. The van der Waals surface area contributed by atoms with Gasteiger partial charge in [-0.2, -0.15) is 0 Å². The maximum atomic E-state index is 12.0. The molecule has 3 N–H and O–H groups in total. The van der Waals surface area contributed by atoms with E-state index in [1.807, 2.05) is 37.3 Å². The lowest BCUT2D eigenvalue weighted by Gasteiger charge is -2.16. The van der Waals surface area contributed by atoms with Gasteiger partial charge in [-0.25, -0.2) is 0 Å². The Morgan fingerprint density at radius 2 is 1.96 bits per heavy atom. The topological polar surface area (TPSA) is 104 Å². The monoisotopic (exact) mass is 315 g/mol. The number of hydrogen-bond donors (Lipinski definition) is 3. The average molecular weight is 315 g/mol. The van der Waals surface area contributed by atoms with Crippen molar-refractivity contribution in [1.29, 1.82) is 0 Å². The largest absolute Gasteiger partial charge is 0.502 e. The number of nitro groups is 1. The summed E-state index contributed by atoms with van der Waals surface area (Å²) in [4.78, 5) is 21.9. The predicted molar refractivity (Wildman–Crippen MR) is 86.6 cm³/mol. The molecule has 7 heteroatoms. The molecule has 0 radical (unpaired) electrons. The zero-order valence-corrected chi connectivity index (χ0v) is 12.5. The Kier molecular flexibility index (Phi) is 5.14. The second kappa shape index (κ2) is 7.26. The molecule has 1 amide bonds. The molecule has 0 saturated carbocycles. The SMILES string of the molecule is CC(CNC(=O)c1ccc([N+](=O)[O-])c(O)c1)Nc1ccccc1. The van der Waals surface area contributed by atoms with Crippen LogP contribution in [0.15, 0.2) is 48.5 Å². The summed E-state index contributed by atoms with van der Waals surface area (Å²) in [6.07, 6.45) is 0. The maximum absolute atomic E-state index is 12.0. The number of amides is 1. The van der Waals surface area contributed by atoms with Crippen LogP contribution in [0, 0.1) is 10.1 Å². The fraction of sp³-hybridized carbons (Fsp3) is 0.188. The molecule has 0 aromatic heterocycles. The van der Waals surface area contributed by atoms with Gasteiger partial charge in [0.2, 0.25) is 0 Å². The smallest absolute Gasteiger partial charge is 0.310 e. The van der Waals surface area contributed by atoms with E-state index in [1.165, 1.54) is 6.07 Å². The molecule has 1 atom stereocenters. The molecular weight excluding hydrogens is 298 g/mol. The summed E-state index contributed by atoms with van der Waals surface area (Å²) < 4.78 is 0. The molecule has 0 bridgehead atoms. The highest BCUT2D eigenvalue weighted by Gasteiger charge is 2.16. The average Bonchev–Trinajstić information content (AvgIpc) is 2.53. The fourth-order valence-corrected chi connectivity index (χ4v) is 2.04. The number of carbonyl (C=O) groups is 1. The number of anilines is 1. The number of hydrogen-bond acceptors (Lipinski definition) is 5. The van der Waals surface area contributed by atoms with Crippen LogP contribution < -0.4 is 10.6 Å². The minimum absolute atomic E-state index is 0.00649. The molecule has 0 heterocycles. The second-order valence-corrected chi connectivity index (χ2v) is 5.08. The minimum atomic E-state index is -0.705. The molecule has 0 spiro atoms. The summed E-state index contributed by atoms with van der Waals surface area (Å²) >= 11 is 0. The van der Waals surface area contributed by atoms with E-state index in [-0.39, 0.29) is 11.6 Å². The molecule has 120 valence electrons. The lowest BCUT2D eigenvalue weighted by molar-refractivity contribution is -0.385.